The minimum atomic E-state index is -0.592. The Morgan fingerprint density at radius 3 is 2.50 bits per heavy atom. The molecule has 0 aliphatic carbocycles. The Hall–Kier alpha value is 1.27. The molecule has 0 radical (unpaired) electrons. The summed E-state index contributed by atoms with van der Waals surface area (Å²) in [4.78, 5) is 0. The quantitative estimate of drug-likeness (QED) is 0.630. The van der Waals surface area contributed by atoms with Gasteiger partial charge in [0.25, 0.3) is 0 Å². The van der Waals surface area contributed by atoms with E-state index in [0.717, 1.165) is 0 Å². The highest BCUT2D eigenvalue weighted by atomic mass is 32.4. The van der Waals surface area contributed by atoms with Gasteiger partial charge >= 0.3 is 0 Å². The van der Waals surface area contributed by atoms with Gasteiger partial charge in [0.1, 0.15) is 14.6 Å². The number of nitrogens with one attached hydrogen (secondary N) is 1. The van der Waals surface area contributed by atoms with E-state index in [9.17, 15) is 0 Å². The Labute approximate surface area is 67.1 Å². The maximum absolute atomic E-state index is 7.33. The zero-order valence-electron chi connectivity index (χ0n) is 6.00. The highest BCUT2D eigenvalue weighted by Crippen LogP contribution is 2.66. The molecule has 0 aliphatic heterocycles. The van der Waals surface area contributed by atoms with Gasteiger partial charge in [0.15, 0.2) is 7.96 Å². The van der Waals surface area contributed by atoms with E-state index < -0.39 is 15.3 Å². The molecule has 0 amide bonds. The van der Waals surface area contributed by atoms with Gasteiger partial charge in [-0.05, 0) is 7.05 Å². The molecule has 60 valence electrons. The van der Waals surface area contributed by atoms with E-state index in [0.29, 0.717) is 7.96 Å². The second-order valence-electron chi connectivity index (χ2n) is 1.66. The van der Waals surface area contributed by atoms with Crippen molar-refractivity contribution in [3.05, 3.63) is 0 Å². The molecular weight excluding hydrogens is 204 g/mol. The molecule has 0 aliphatic rings. The summed E-state index contributed by atoms with van der Waals surface area (Å²) in [5, 5.41) is 7.33. The molecule has 0 saturated heterocycles. The van der Waals surface area contributed by atoms with Gasteiger partial charge in [-0.3, -0.25) is 11.0 Å². The highest BCUT2D eigenvalue weighted by Gasteiger charge is 2.15. The fraction of sp³-hybridized carbons (Fsp3) is 1.00. The molecule has 0 heterocycles. The average molecular weight is 217 g/mol. The number of nitrogens with two attached hydrogens (primary N) is 2. The van der Waals surface area contributed by atoms with Crippen molar-refractivity contribution >= 4 is 32.2 Å². The SMILES string of the molecule is CN(PN)P(N)P[P+](C)=N. The minimum absolute atomic E-state index is 0.283. The molecule has 0 aromatic carbocycles. The molecule has 0 rings (SSSR count). The highest BCUT2D eigenvalue weighted by molar-refractivity contribution is 8.49. The van der Waals surface area contributed by atoms with Crippen LogP contribution < -0.4 is 11.0 Å². The van der Waals surface area contributed by atoms with E-state index in [1.54, 1.807) is 0 Å². The first kappa shape index (κ1) is 11.3. The summed E-state index contributed by atoms with van der Waals surface area (Å²) in [7, 11) is 1.59. The van der Waals surface area contributed by atoms with Crippen molar-refractivity contribution in [2.24, 2.45) is 11.0 Å². The third kappa shape index (κ3) is 4.99. The maximum atomic E-state index is 7.33. The van der Waals surface area contributed by atoms with E-state index in [-0.39, 0.29) is 8.88 Å². The van der Waals surface area contributed by atoms with E-state index in [4.69, 9.17) is 16.2 Å². The summed E-state index contributed by atoms with van der Waals surface area (Å²) in [5.74, 6) is 0. The Balaban J connectivity index is 3.61. The molecule has 0 spiro atoms. The molecule has 0 bridgehead atoms. The van der Waals surface area contributed by atoms with Crippen LogP contribution in [-0.4, -0.2) is 18.2 Å². The van der Waals surface area contributed by atoms with Gasteiger partial charge in [-0.15, -0.1) is 5.16 Å². The average Bonchev–Trinajstić information content (AvgIpc) is 1.85. The Morgan fingerprint density at radius 2 is 2.20 bits per heavy atom. The van der Waals surface area contributed by atoms with Crippen LogP contribution in [0.1, 0.15) is 0 Å². The minimum Gasteiger partial charge on any atom is -0.300 e. The van der Waals surface area contributed by atoms with Crippen LogP contribution in [0, 0.1) is 5.16 Å². The topological polar surface area (TPSA) is 79.1 Å². The second-order valence-corrected chi connectivity index (χ2v) is 11.4. The fourth-order valence-corrected chi connectivity index (χ4v) is 8.25. The summed E-state index contributed by atoms with van der Waals surface area (Å²) in [6.07, 6.45) is 0. The van der Waals surface area contributed by atoms with Crippen molar-refractivity contribution < 1.29 is 0 Å². The maximum Gasteiger partial charge on any atom is 0.214 e. The molecule has 0 aromatic rings. The zero-order valence-corrected chi connectivity index (χ0v) is 9.79. The zero-order chi connectivity index (χ0) is 8.15. The second kappa shape index (κ2) is 5.86. The summed E-state index contributed by atoms with van der Waals surface area (Å²) in [5.41, 5.74) is 11.1. The molecule has 0 saturated carbocycles. The number of rotatable bonds is 4. The van der Waals surface area contributed by atoms with Crippen molar-refractivity contribution in [3.8, 4) is 0 Å². The van der Waals surface area contributed by atoms with Crippen LogP contribution in [0.5, 0.6) is 0 Å². The number of hydrogen-bond acceptors (Lipinski definition) is 4. The predicted octanol–water partition coefficient (Wildman–Crippen LogP) is 2.04. The Kier molecular flexibility index (Phi) is 6.61. The van der Waals surface area contributed by atoms with Crippen LogP contribution in [0.15, 0.2) is 0 Å². The third-order valence-electron chi connectivity index (χ3n) is 0.762. The van der Waals surface area contributed by atoms with Gasteiger partial charge in [-0.1, -0.05) is 0 Å². The smallest absolute Gasteiger partial charge is 0.214 e. The first-order valence-electron chi connectivity index (χ1n) is 2.54. The van der Waals surface area contributed by atoms with Crippen molar-refractivity contribution in [2.75, 3.05) is 13.7 Å². The molecule has 4 nitrogen and oxygen atoms in total. The van der Waals surface area contributed by atoms with Gasteiger partial charge in [-0.25, -0.2) is 4.44 Å². The van der Waals surface area contributed by atoms with E-state index in [1.807, 2.05) is 18.2 Å². The van der Waals surface area contributed by atoms with Gasteiger partial charge in [0.05, 0.1) is 0 Å². The lowest BCUT2D eigenvalue weighted by Crippen LogP contribution is -2.04. The molecule has 0 fully saturated rings. The summed E-state index contributed by atoms with van der Waals surface area (Å²) < 4.78 is 1.95. The van der Waals surface area contributed by atoms with Gasteiger partial charge < -0.3 is 0 Å². The Morgan fingerprint density at radius 1 is 1.70 bits per heavy atom. The standard InChI is InChI=1S/C2H13N4P4/c1-6(7-3)10(5)8-9(2)4/h4,7-8H,3,5H2,1-2H3/q+1. The van der Waals surface area contributed by atoms with E-state index >= 15 is 0 Å². The fourth-order valence-electron chi connectivity index (χ4n) is 0.283. The van der Waals surface area contributed by atoms with Crippen LogP contribution in [0.25, 0.3) is 0 Å². The lowest BCUT2D eigenvalue weighted by atomic mass is 11.6. The number of hydrogen-bond donors (Lipinski definition) is 3. The van der Waals surface area contributed by atoms with Crippen molar-refractivity contribution in [1.82, 2.24) is 4.44 Å². The normalized spacial score (nSPS) is 17.9. The van der Waals surface area contributed by atoms with Crippen molar-refractivity contribution in [1.29, 1.82) is 5.16 Å². The van der Waals surface area contributed by atoms with E-state index in [1.165, 1.54) is 0 Å². The predicted molar refractivity (Wildman–Crippen MR) is 55.3 cm³/mol. The van der Waals surface area contributed by atoms with Crippen molar-refractivity contribution in [3.63, 3.8) is 0 Å². The van der Waals surface area contributed by atoms with Crippen LogP contribution in [0.2, 0.25) is 0 Å². The summed E-state index contributed by atoms with van der Waals surface area (Å²) in [6, 6.07) is 0. The first-order chi connectivity index (χ1) is 4.57. The molecular formula is C2H13N4P4+. The molecule has 5 N–H and O–H groups in total. The van der Waals surface area contributed by atoms with Gasteiger partial charge in [-0.2, -0.15) is 0 Å². The van der Waals surface area contributed by atoms with E-state index in [2.05, 4.69) is 0 Å². The molecule has 8 heteroatoms. The van der Waals surface area contributed by atoms with Crippen molar-refractivity contribution in [2.45, 2.75) is 0 Å². The van der Waals surface area contributed by atoms with Crippen LogP contribution in [0.3, 0.4) is 0 Å². The molecule has 0 aromatic heterocycles. The van der Waals surface area contributed by atoms with Crippen LogP contribution in [0.4, 0.5) is 0 Å². The van der Waals surface area contributed by atoms with Crippen LogP contribution in [-0.2, 0) is 0 Å². The lowest BCUT2D eigenvalue weighted by molar-refractivity contribution is 0.911. The van der Waals surface area contributed by atoms with Gasteiger partial charge in [0.2, 0.25) is 7.40 Å². The molecule has 4 unspecified atom stereocenters. The van der Waals surface area contributed by atoms with Gasteiger partial charge in [0, 0.05) is 8.88 Å². The summed E-state index contributed by atoms with van der Waals surface area (Å²) in [6.45, 7) is 1.92. The summed E-state index contributed by atoms with van der Waals surface area (Å²) >= 11 is 0. The molecule has 4 atom stereocenters. The van der Waals surface area contributed by atoms with Crippen LogP contribution >= 0.6 is 32.2 Å². The number of nitrogens with zero attached hydrogens (tertiary/aromatic N) is 1. The monoisotopic (exact) mass is 217 g/mol. The third-order valence-corrected chi connectivity index (χ3v) is 10.8. The molecule has 10 heavy (non-hydrogen) atoms. The Bertz CT molecular complexity index is 118. The first-order valence-corrected chi connectivity index (χ1v) is 9.40. The lowest BCUT2D eigenvalue weighted by Gasteiger charge is -2.16. The largest absolute Gasteiger partial charge is 0.300 e.